The number of rotatable bonds is 4. The van der Waals surface area contributed by atoms with Crippen molar-refractivity contribution in [3.8, 4) is 17.0 Å². The fourth-order valence-corrected chi connectivity index (χ4v) is 2.53. The monoisotopic (exact) mass is 373 g/mol. The first-order valence-electron chi connectivity index (χ1n) is 7.43. The second-order valence-electron chi connectivity index (χ2n) is 5.26. The van der Waals surface area contributed by atoms with Crippen LogP contribution in [0.1, 0.15) is 10.4 Å². The summed E-state index contributed by atoms with van der Waals surface area (Å²) in [7, 11) is 1.27. The molecule has 2 heterocycles. The highest BCUT2D eigenvalue weighted by Gasteiger charge is 2.15. The number of hydrogen-bond donors (Lipinski definition) is 2. The molecule has 0 saturated heterocycles. The lowest BCUT2D eigenvalue weighted by molar-refractivity contribution is 0.0601. The van der Waals surface area contributed by atoms with E-state index >= 15 is 0 Å². The van der Waals surface area contributed by atoms with Gasteiger partial charge < -0.3 is 15.2 Å². The number of nitrogens with one attached hydrogen (secondary N) is 1. The van der Waals surface area contributed by atoms with Crippen LogP contribution in [0.3, 0.4) is 0 Å². The van der Waals surface area contributed by atoms with E-state index < -0.39 is 11.8 Å². The van der Waals surface area contributed by atoms with Gasteiger partial charge in [-0.05, 0) is 30.3 Å². The molecule has 26 heavy (non-hydrogen) atoms. The molecule has 0 saturated carbocycles. The van der Waals surface area contributed by atoms with E-state index in [2.05, 4.69) is 15.3 Å². The number of benzene rings is 1. The van der Waals surface area contributed by atoms with Crippen molar-refractivity contribution >= 4 is 28.9 Å². The lowest BCUT2D eigenvalue weighted by atomic mass is 10.1. The van der Waals surface area contributed by atoms with Crippen molar-refractivity contribution in [1.82, 2.24) is 9.97 Å². The Balaban J connectivity index is 2.02. The quantitative estimate of drug-likeness (QED) is 0.668. The van der Waals surface area contributed by atoms with Gasteiger partial charge in [-0.3, -0.25) is 4.98 Å². The Hall–Kier alpha value is -3.19. The number of hydrogen-bond acceptors (Lipinski definition) is 6. The molecular weight excluding hydrogens is 361 g/mol. The number of aromatic hydroxyl groups is 1. The zero-order valence-corrected chi connectivity index (χ0v) is 14.3. The maximum atomic E-state index is 14.1. The van der Waals surface area contributed by atoms with Crippen LogP contribution in [0, 0.1) is 5.82 Å². The molecule has 6 nitrogen and oxygen atoms in total. The van der Waals surface area contributed by atoms with Gasteiger partial charge in [0.15, 0.2) is 0 Å². The topological polar surface area (TPSA) is 84.3 Å². The van der Waals surface area contributed by atoms with Crippen LogP contribution in [0.2, 0.25) is 5.02 Å². The molecule has 0 aliphatic heterocycles. The minimum atomic E-state index is -0.562. The highest BCUT2D eigenvalue weighted by molar-refractivity contribution is 6.30. The molecule has 0 spiro atoms. The molecule has 2 N–H and O–H groups in total. The van der Waals surface area contributed by atoms with Crippen LogP contribution in [0.4, 0.5) is 15.8 Å². The number of aromatic nitrogens is 2. The fraction of sp³-hybridized carbons (Fsp3) is 0.0556. The average Bonchev–Trinajstić information content (AvgIpc) is 2.65. The first kappa shape index (κ1) is 17.6. The van der Waals surface area contributed by atoms with Crippen molar-refractivity contribution in [2.24, 2.45) is 0 Å². The molecule has 0 amide bonds. The van der Waals surface area contributed by atoms with Crippen molar-refractivity contribution in [2.45, 2.75) is 0 Å². The van der Waals surface area contributed by atoms with E-state index in [1.165, 1.54) is 50.0 Å². The molecule has 0 aliphatic carbocycles. The van der Waals surface area contributed by atoms with Gasteiger partial charge in [-0.15, -0.1) is 0 Å². The molecule has 8 heteroatoms. The number of carbonyl (C=O) groups excluding carboxylic acids is 1. The van der Waals surface area contributed by atoms with Crippen LogP contribution in [0.25, 0.3) is 11.1 Å². The Labute approximate surface area is 153 Å². The maximum absolute atomic E-state index is 14.1. The van der Waals surface area contributed by atoms with Crippen LogP contribution in [0.5, 0.6) is 5.88 Å². The summed E-state index contributed by atoms with van der Waals surface area (Å²) in [5.41, 5.74) is 1.33. The van der Waals surface area contributed by atoms with E-state index in [9.17, 15) is 14.3 Å². The smallest absolute Gasteiger partial charge is 0.341 e. The minimum Gasteiger partial charge on any atom is -0.493 e. The lowest BCUT2D eigenvalue weighted by Crippen LogP contribution is -2.06. The van der Waals surface area contributed by atoms with Crippen molar-refractivity contribution in [1.29, 1.82) is 0 Å². The van der Waals surface area contributed by atoms with Crippen LogP contribution < -0.4 is 5.32 Å². The van der Waals surface area contributed by atoms with E-state index in [-0.39, 0.29) is 22.6 Å². The van der Waals surface area contributed by atoms with Crippen LogP contribution in [0.15, 0.2) is 48.9 Å². The second-order valence-corrected chi connectivity index (χ2v) is 5.69. The van der Waals surface area contributed by atoms with Gasteiger partial charge in [0.1, 0.15) is 11.4 Å². The summed E-state index contributed by atoms with van der Waals surface area (Å²) in [4.78, 5) is 19.6. The number of halogens is 2. The standard InChI is InChI=1S/C18H13ClFN3O3/c1-26-18(25)14-9-21-5-4-16(14)23-11-7-13(17(24)22-8-11)12-6-10(19)2-3-15(12)20/h2-9H,1H3,(H,21,23)(H,22,24). The molecule has 0 unspecified atom stereocenters. The summed E-state index contributed by atoms with van der Waals surface area (Å²) in [5, 5.41) is 13.3. The summed E-state index contributed by atoms with van der Waals surface area (Å²) >= 11 is 5.92. The summed E-state index contributed by atoms with van der Waals surface area (Å²) < 4.78 is 18.8. The van der Waals surface area contributed by atoms with Crippen molar-refractivity contribution < 1.29 is 19.0 Å². The maximum Gasteiger partial charge on any atom is 0.341 e. The summed E-state index contributed by atoms with van der Waals surface area (Å²) in [5.74, 6) is -1.46. The fourth-order valence-electron chi connectivity index (χ4n) is 2.36. The molecule has 0 fully saturated rings. The normalized spacial score (nSPS) is 10.4. The number of methoxy groups -OCH3 is 1. The third kappa shape index (κ3) is 3.57. The number of esters is 1. The Morgan fingerprint density at radius 3 is 2.81 bits per heavy atom. The molecule has 0 radical (unpaired) electrons. The molecule has 132 valence electrons. The number of anilines is 2. The Kier molecular flexibility index (Phi) is 4.99. The number of carbonyl (C=O) groups is 1. The van der Waals surface area contributed by atoms with Crippen molar-refractivity contribution in [3.63, 3.8) is 0 Å². The minimum absolute atomic E-state index is 0.106. The van der Waals surface area contributed by atoms with Crippen molar-refractivity contribution in [2.75, 3.05) is 12.4 Å². The first-order valence-corrected chi connectivity index (χ1v) is 7.81. The molecular formula is C18H13ClFN3O3. The Morgan fingerprint density at radius 2 is 2.04 bits per heavy atom. The molecule has 2 aromatic heterocycles. The predicted molar refractivity (Wildman–Crippen MR) is 95.2 cm³/mol. The largest absolute Gasteiger partial charge is 0.493 e. The van der Waals surface area contributed by atoms with Crippen molar-refractivity contribution in [3.05, 3.63) is 65.3 Å². The van der Waals surface area contributed by atoms with Gasteiger partial charge in [-0.1, -0.05) is 11.6 Å². The van der Waals surface area contributed by atoms with Gasteiger partial charge in [0.25, 0.3) is 0 Å². The zero-order valence-electron chi connectivity index (χ0n) is 13.5. The van der Waals surface area contributed by atoms with Gasteiger partial charge in [-0.2, -0.15) is 0 Å². The third-order valence-corrected chi connectivity index (χ3v) is 3.83. The molecule has 1 aromatic carbocycles. The van der Waals surface area contributed by atoms with Gasteiger partial charge in [0, 0.05) is 28.5 Å². The third-order valence-electron chi connectivity index (χ3n) is 3.59. The summed E-state index contributed by atoms with van der Waals surface area (Å²) in [6.07, 6.45) is 4.21. The van der Waals surface area contributed by atoms with Crippen LogP contribution in [-0.2, 0) is 4.74 Å². The molecule has 0 aliphatic rings. The average molecular weight is 374 g/mol. The molecule has 3 aromatic rings. The number of ether oxygens (including phenoxy) is 1. The second kappa shape index (κ2) is 7.37. The van der Waals surface area contributed by atoms with E-state index in [0.29, 0.717) is 16.4 Å². The van der Waals surface area contributed by atoms with E-state index in [1.54, 1.807) is 6.07 Å². The van der Waals surface area contributed by atoms with E-state index in [4.69, 9.17) is 16.3 Å². The molecule has 3 rings (SSSR count). The SMILES string of the molecule is COC(=O)c1cnccc1Nc1cnc(O)c(-c2cc(Cl)ccc2F)c1. The predicted octanol–water partition coefficient (Wildman–Crippen LogP) is 4.17. The highest BCUT2D eigenvalue weighted by atomic mass is 35.5. The first-order chi connectivity index (χ1) is 12.5. The molecule has 0 bridgehead atoms. The van der Waals surface area contributed by atoms with Gasteiger partial charge >= 0.3 is 5.97 Å². The number of pyridine rings is 2. The zero-order chi connectivity index (χ0) is 18.7. The van der Waals surface area contributed by atoms with Gasteiger partial charge in [-0.25, -0.2) is 14.2 Å². The highest BCUT2D eigenvalue weighted by Crippen LogP contribution is 2.34. The molecule has 0 atom stereocenters. The van der Waals surface area contributed by atoms with E-state index in [0.717, 1.165) is 0 Å². The Bertz CT molecular complexity index is 982. The van der Waals surface area contributed by atoms with Crippen LogP contribution in [-0.4, -0.2) is 28.2 Å². The van der Waals surface area contributed by atoms with Gasteiger partial charge in [0.2, 0.25) is 5.88 Å². The lowest BCUT2D eigenvalue weighted by Gasteiger charge is -2.12. The number of nitrogens with zero attached hydrogens (tertiary/aromatic N) is 2. The van der Waals surface area contributed by atoms with E-state index in [1.807, 2.05) is 0 Å². The summed E-state index contributed by atoms with van der Waals surface area (Å²) in [6.45, 7) is 0. The van der Waals surface area contributed by atoms with Gasteiger partial charge in [0.05, 0.1) is 24.7 Å². The van der Waals surface area contributed by atoms with Crippen LogP contribution >= 0.6 is 11.6 Å². The Morgan fingerprint density at radius 1 is 1.23 bits per heavy atom. The summed E-state index contributed by atoms with van der Waals surface area (Å²) in [6, 6.07) is 7.09.